The van der Waals surface area contributed by atoms with E-state index in [4.69, 9.17) is 4.74 Å². The molecule has 1 aliphatic rings. The molecule has 3 nitrogen and oxygen atoms in total. The van der Waals surface area contributed by atoms with Crippen molar-refractivity contribution in [1.82, 2.24) is 4.90 Å². The van der Waals surface area contributed by atoms with Gasteiger partial charge in [0.05, 0.1) is 12.3 Å². The Morgan fingerprint density at radius 1 is 1.00 bits per heavy atom. The fourth-order valence-electron chi connectivity index (χ4n) is 3.30. The molecule has 0 bridgehead atoms. The van der Waals surface area contributed by atoms with E-state index in [-0.39, 0.29) is 5.82 Å². The van der Waals surface area contributed by atoms with Crippen LogP contribution >= 0.6 is 0 Å². The van der Waals surface area contributed by atoms with Crippen LogP contribution in [-0.2, 0) is 0 Å². The van der Waals surface area contributed by atoms with E-state index < -0.39 is 0 Å². The van der Waals surface area contributed by atoms with Crippen LogP contribution < -0.4 is 9.64 Å². The van der Waals surface area contributed by atoms with Crippen molar-refractivity contribution in [2.45, 2.75) is 19.9 Å². The Morgan fingerprint density at radius 3 is 2.33 bits per heavy atom. The van der Waals surface area contributed by atoms with Crippen LogP contribution in [0.15, 0.2) is 48.5 Å². The number of piperazine rings is 1. The van der Waals surface area contributed by atoms with Crippen molar-refractivity contribution < 1.29 is 9.13 Å². The van der Waals surface area contributed by atoms with Gasteiger partial charge in [-0.2, -0.15) is 0 Å². The Morgan fingerprint density at radius 2 is 1.67 bits per heavy atom. The second-order valence-corrected chi connectivity index (χ2v) is 6.15. The molecule has 0 aromatic heterocycles. The van der Waals surface area contributed by atoms with Crippen molar-refractivity contribution in [1.29, 1.82) is 0 Å². The number of ether oxygens (including phenoxy) is 1. The minimum absolute atomic E-state index is 0.177. The second-order valence-electron chi connectivity index (χ2n) is 6.15. The quantitative estimate of drug-likeness (QED) is 0.821. The highest BCUT2D eigenvalue weighted by Gasteiger charge is 2.23. The Bertz CT molecular complexity index is 651. The Hall–Kier alpha value is -2.07. The molecule has 128 valence electrons. The van der Waals surface area contributed by atoms with Crippen LogP contribution in [0.25, 0.3) is 0 Å². The summed E-state index contributed by atoms with van der Waals surface area (Å²) < 4.78 is 18.9. The maximum Gasteiger partial charge on any atom is 0.142 e. The molecule has 0 aliphatic carbocycles. The summed E-state index contributed by atoms with van der Waals surface area (Å²) in [5.41, 5.74) is 2.34. The van der Waals surface area contributed by atoms with Crippen molar-refractivity contribution in [3.63, 3.8) is 0 Å². The van der Waals surface area contributed by atoms with E-state index in [0.29, 0.717) is 12.6 Å². The van der Waals surface area contributed by atoms with Crippen molar-refractivity contribution in [3.05, 3.63) is 59.9 Å². The number of benzene rings is 2. The number of hydrogen-bond acceptors (Lipinski definition) is 3. The van der Waals surface area contributed by atoms with Crippen LogP contribution in [0.4, 0.5) is 10.1 Å². The monoisotopic (exact) mass is 328 g/mol. The fourth-order valence-corrected chi connectivity index (χ4v) is 3.30. The minimum Gasteiger partial charge on any atom is -0.492 e. The summed E-state index contributed by atoms with van der Waals surface area (Å²) in [5, 5.41) is 0. The van der Waals surface area contributed by atoms with E-state index in [1.807, 2.05) is 31.2 Å². The predicted octanol–water partition coefficient (Wildman–Crippen LogP) is 4.11. The number of nitrogens with zero attached hydrogens (tertiary/aromatic N) is 2. The molecule has 1 saturated heterocycles. The summed E-state index contributed by atoms with van der Waals surface area (Å²) in [7, 11) is 0. The fraction of sp³-hybridized carbons (Fsp3) is 0.400. The first-order valence-corrected chi connectivity index (χ1v) is 8.65. The SMILES string of the molecule is CCOc1ccccc1N1CCN(C(C)c2ccc(F)cc2)CC1. The molecule has 1 fully saturated rings. The van der Waals surface area contributed by atoms with Crippen molar-refractivity contribution in [2.75, 3.05) is 37.7 Å². The van der Waals surface area contributed by atoms with Gasteiger partial charge in [0.25, 0.3) is 0 Å². The van der Waals surface area contributed by atoms with Crippen molar-refractivity contribution in [2.24, 2.45) is 0 Å². The van der Waals surface area contributed by atoms with Gasteiger partial charge in [0.1, 0.15) is 11.6 Å². The maximum absolute atomic E-state index is 13.1. The second kappa shape index (κ2) is 7.67. The molecule has 3 rings (SSSR count). The molecule has 1 unspecified atom stereocenters. The number of para-hydroxylation sites is 2. The summed E-state index contributed by atoms with van der Waals surface area (Å²) in [6.07, 6.45) is 0. The highest BCUT2D eigenvalue weighted by Crippen LogP contribution is 2.30. The molecule has 24 heavy (non-hydrogen) atoms. The normalized spacial score (nSPS) is 16.9. The molecule has 1 atom stereocenters. The lowest BCUT2D eigenvalue weighted by Crippen LogP contribution is -2.47. The summed E-state index contributed by atoms with van der Waals surface area (Å²) in [6.45, 7) is 8.79. The van der Waals surface area contributed by atoms with Gasteiger partial charge in [0, 0.05) is 32.2 Å². The molecule has 2 aromatic carbocycles. The van der Waals surface area contributed by atoms with E-state index in [0.717, 1.165) is 31.9 Å². The van der Waals surface area contributed by atoms with Crippen molar-refractivity contribution >= 4 is 5.69 Å². The third-order valence-corrected chi connectivity index (χ3v) is 4.72. The van der Waals surface area contributed by atoms with Crippen LogP contribution in [0.2, 0.25) is 0 Å². The van der Waals surface area contributed by atoms with Gasteiger partial charge in [0.2, 0.25) is 0 Å². The molecule has 0 amide bonds. The molecular formula is C20H25FN2O. The van der Waals surface area contributed by atoms with E-state index in [1.54, 1.807) is 12.1 Å². The third kappa shape index (κ3) is 3.70. The van der Waals surface area contributed by atoms with Gasteiger partial charge in [-0.05, 0) is 43.7 Å². The number of rotatable bonds is 5. The van der Waals surface area contributed by atoms with Crippen molar-refractivity contribution in [3.8, 4) is 5.75 Å². The zero-order valence-electron chi connectivity index (χ0n) is 14.4. The topological polar surface area (TPSA) is 15.7 Å². The van der Waals surface area contributed by atoms with E-state index >= 15 is 0 Å². The molecule has 1 heterocycles. The zero-order valence-corrected chi connectivity index (χ0v) is 14.4. The predicted molar refractivity (Wildman–Crippen MR) is 96.2 cm³/mol. The smallest absolute Gasteiger partial charge is 0.142 e. The molecule has 0 spiro atoms. The van der Waals surface area contributed by atoms with E-state index in [2.05, 4.69) is 28.9 Å². The average molecular weight is 328 g/mol. The zero-order chi connectivity index (χ0) is 16.9. The summed E-state index contributed by atoms with van der Waals surface area (Å²) in [6, 6.07) is 15.4. The van der Waals surface area contributed by atoms with Gasteiger partial charge in [0.15, 0.2) is 0 Å². The molecule has 0 radical (unpaired) electrons. The van der Waals surface area contributed by atoms with Gasteiger partial charge in [-0.1, -0.05) is 24.3 Å². The number of halogens is 1. The largest absolute Gasteiger partial charge is 0.492 e. The van der Waals surface area contributed by atoms with Gasteiger partial charge in [-0.3, -0.25) is 4.90 Å². The van der Waals surface area contributed by atoms with Crippen LogP contribution in [0.1, 0.15) is 25.5 Å². The first-order valence-electron chi connectivity index (χ1n) is 8.65. The van der Waals surface area contributed by atoms with Crippen LogP contribution in [0.5, 0.6) is 5.75 Å². The summed E-state index contributed by atoms with van der Waals surface area (Å²) in [5.74, 6) is 0.781. The molecule has 1 aliphatic heterocycles. The Labute approximate surface area is 143 Å². The van der Waals surface area contributed by atoms with Gasteiger partial charge >= 0.3 is 0 Å². The van der Waals surface area contributed by atoms with E-state index in [9.17, 15) is 4.39 Å². The van der Waals surface area contributed by atoms with Crippen LogP contribution in [0.3, 0.4) is 0 Å². The van der Waals surface area contributed by atoms with Gasteiger partial charge < -0.3 is 9.64 Å². The van der Waals surface area contributed by atoms with E-state index in [1.165, 1.54) is 11.3 Å². The number of hydrogen-bond donors (Lipinski definition) is 0. The molecule has 2 aromatic rings. The van der Waals surface area contributed by atoms with Crippen LogP contribution in [0, 0.1) is 5.82 Å². The molecule has 0 saturated carbocycles. The number of anilines is 1. The Balaban J connectivity index is 1.64. The van der Waals surface area contributed by atoms with Gasteiger partial charge in [-0.25, -0.2) is 4.39 Å². The standard InChI is InChI=1S/C20H25FN2O/c1-3-24-20-7-5-4-6-19(20)23-14-12-22(13-15-23)16(2)17-8-10-18(21)11-9-17/h4-11,16H,3,12-15H2,1-2H3. The van der Waals surface area contributed by atoms with Gasteiger partial charge in [-0.15, -0.1) is 0 Å². The summed E-state index contributed by atoms with van der Waals surface area (Å²) >= 11 is 0. The lowest BCUT2D eigenvalue weighted by molar-refractivity contribution is 0.198. The molecular weight excluding hydrogens is 303 g/mol. The lowest BCUT2D eigenvalue weighted by Gasteiger charge is -2.39. The lowest BCUT2D eigenvalue weighted by atomic mass is 10.1. The van der Waals surface area contributed by atoms with Crippen LogP contribution in [-0.4, -0.2) is 37.7 Å². The minimum atomic E-state index is -0.177. The Kier molecular flexibility index (Phi) is 5.36. The third-order valence-electron chi connectivity index (χ3n) is 4.72. The molecule has 4 heteroatoms. The maximum atomic E-state index is 13.1. The summed E-state index contributed by atoms with van der Waals surface area (Å²) in [4.78, 5) is 4.84. The highest BCUT2D eigenvalue weighted by atomic mass is 19.1. The first-order chi connectivity index (χ1) is 11.7. The first kappa shape index (κ1) is 16.8. The highest BCUT2D eigenvalue weighted by molar-refractivity contribution is 5.58. The average Bonchev–Trinajstić information content (AvgIpc) is 2.63. The molecule has 0 N–H and O–H groups in total.